The van der Waals surface area contributed by atoms with Crippen molar-refractivity contribution < 1.29 is 19.4 Å². The predicted molar refractivity (Wildman–Crippen MR) is 190 cm³/mol. The molecule has 0 spiro atoms. The van der Waals surface area contributed by atoms with Crippen molar-refractivity contribution in [3.05, 3.63) is 58.2 Å². The van der Waals surface area contributed by atoms with Crippen molar-refractivity contribution in [2.24, 2.45) is 5.41 Å². The van der Waals surface area contributed by atoms with Gasteiger partial charge in [0.25, 0.3) is 0 Å². The van der Waals surface area contributed by atoms with Crippen LogP contribution < -0.4 is 14.7 Å². The fraction of sp³-hybridized carbons (Fsp3) is 0.579. The molecule has 2 saturated heterocycles. The predicted octanol–water partition coefficient (Wildman–Crippen LogP) is 6.43. The third-order valence-electron chi connectivity index (χ3n) is 9.95. The molecule has 3 aliphatic rings. The highest BCUT2D eigenvalue weighted by Crippen LogP contribution is 2.45. The van der Waals surface area contributed by atoms with E-state index in [1.54, 1.807) is 0 Å². The van der Waals surface area contributed by atoms with Crippen molar-refractivity contribution in [3.63, 3.8) is 0 Å². The minimum Gasteiger partial charge on any atom is -0.479 e. The molecule has 3 aliphatic heterocycles. The molecule has 0 radical (unpaired) electrons. The van der Waals surface area contributed by atoms with Crippen molar-refractivity contribution in [1.82, 2.24) is 15.0 Å². The largest absolute Gasteiger partial charge is 0.479 e. The lowest BCUT2D eigenvalue weighted by atomic mass is 9.81. The molecule has 1 atom stereocenters. The average molecular weight is 657 g/mol. The van der Waals surface area contributed by atoms with Gasteiger partial charge in [0.15, 0.2) is 6.10 Å². The van der Waals surface area contributed by atoms with Gasteiger partial charge in [-0.05, 0) is 82.9 Å². The van der Waals surface area contributed by atoms with Gasteiger partial charge in [0.05, 0.1) is 24.5 Å². The number of carboxylic acids is 1. The molecule has 258 valence electrons. The first-order chi connectivity index (χ1) is 22.7. The van der Waals surface area contributed by atoms with E-state index < -0.39 is 17.7 Å². The summed E-state index contributed by atoms with van der Waals surface area (Å²) in [5, 5.41) is 10.5. The quantitative estimate of drug-likeness (QED) is 0.306. The number of morpholine rings is 1. The van der Waals surface area contributed by atoms with Crippen LogP contribution in [0.15, 0.2) is 24.3 Å². The SMILES string of the molecule is Cc1nc(N2CCOCC2)cc(N2CCc3cc(-c4c(C)nc(C)c(C(OC(C)(C)C)C(=O)O)c4N4CCC(C)(C)CC4)ccc3C2)n1. The molecule has 6 rings (SSSR count). The van der Waals surface area contributed by atoms with Crippen LogP contribution in [-0.2, 0) is 27.2 Å². The average Bonchev–Trinajstić information content (AvgIpc) is 3.03. The Balaban J connectivity index is 1.38. The van der Waals surface area contributed by atoms with Gasteiger partial charge in [0.2, 0.25) is 0 Å². The number of benzene rings is 1. The van der Waals surface area contributed by atoms with Crippen molar-refractivity contribution >= 4 is 23.3 Å². The van der Waals surface area contributed by atoms with E-state index in [2.05, 4.69) is 59.7 Å². The van der Waals surface area contributed by atoms with Gasteiger partial charge < -0.3 is 29.3 Å². The number of aromatic nitrogens is 3. The molecular weight excluding hydrogens is 604 g/mol. The van der Waals surface area contributed by atoms with Crippen LogP contribution in [0.3, 0.4) is 0 Å². The molecule has 10 heteroatoms. The summed E-state index contributed by atoms with van der Waals surface area (Å²) in [6.07, 6.45) is 1.80. The van der Waals surface area contributed by atoms with Crippen LogP contribution in [0.5, 0.6) is 0 Å². The first-order valence-electron chi connectivity index (χ1n) is 17.4. The molecule has 1 N–H and O–H groups in total. The van der Waals surface area contributed by atoms with E-state index in [-0.39, 0.29) is 5.41 Å². The van der Waals surface area contributed by atoms with Crippen LogP contribution in [0.25, 0.3) is 11.1 Å². The molecule has 2 aromatic heterocycles. The summed E-state index contributed by atoms with van der Waals surface area (Å²) in [4.78, 5) is 34.4. The number of piperidine rings is 1. The zero-order valence-electron chi connectivity index (χ0n) is 30.0. The van der Waals surface area contributed by atoms with Crippen LogP contribution in [0.4, 0.5) is 17.3 Å². The molecule has 2 fully saturated rings. The van der Waals surface area contributed by atoms with Crippen LogP contribution in [0.1, 0.15) is 87.5 Å². The minimum absolute atomic E-state index is 0.241. The van der Waals surface area contributed by atoms with Crippen LogP contribution >= 0.6 is 0 Å². The maximum Gasteiger partial charge on any atom is 0.337 e. The Bertz CT molecular complexity index is 1670. The van der Waals surface area contributed by atoms with Gasteiger partial charge >= 0.3 is 5.97 Å². The number of ether oxygens (including phenoxy) is 2. The molecule has 0 aliphatic carbocycles. The van der Waals surface area contributed by atoms with E-state index in [1.165, 1.54) is 11.1 Å². The van der Waals surface area contributed by atoms with Crippen molar-refractivity contribution in [3.8, 4) is 11.1 Å². The molecule has 5 heterocycles. The van der Waals surface area contributed by atoms with E-state index >= 15 is 0 Å². The third kappa shape index (κ3) is 7.29. The van der Waals surface area contributed by atoms with Gasteiger partial charge in [-0.15, -0.1) is 0 Å². The monoisotopic (exact) mass is 656 g/mol. The second-order valence-corrected chi connectivity index (χ2v) is 15.4. The Kier molecular flexibility index (Phi) is 9.43. The number of aliphatic carboxylic acids is 1. The maximum absolute atomic E-state index is 12.9. The highest BCUT2D eigenvalue weighted by Gasteiger charge is 2.37. The van der Waals surface area contributed by atoms with E-state index in [9.17, 15) is 9.90 Å². The summed E-state index contributed by atoms with van der Waals surface area (Å²) in [5.41, 5.74) is 7.47. The number of nitrogens with zero attached hydrogens (tertiary/aromatic N) is 6. The number of aryl methyl sites for hydroxylation is 3. The summed E-state index contributed by atoms with van der Waals surface area (Å²) in [5.74, 6) is 1.70. The van der Waals surface area contributed by atoms with Gasteiger partial charge in [-0.1, -0.05) is 32.0 Å². The number of rotatable bonds is 7. The Morgan fingerprint density at radius 2 is 1.54 bits per heavy atom. The minimum atomic E-state index is -1.13. The molecular formula is C38H52N6O4. The zero-order chi connectivity index (χ0) is 34.4. The van der Waals surface area contributed by atoms with Gasteiger partial charge in [0.1, 0.15) is 17.5 Å². The van der Waals surface area contributed by atoms with Crippen molar-refractivity contribution in [1.29, 1.82) is 0 Å². The van der Waals surface area contributed by atoms with E-state index in [0.717, 1.165) is 98.5 Å². The highest BCUT2D eigenvalue weighted by atomic mass is 16.5. The van der Waals surface area contributed by atoms with Crippen LogP contribution in [-0.4, -0.2) is 77.6 Å². The highest BCUT2D eigenvalue weighted by molar-refractivity contribution is 5.88. The van der Waals surface area contributed by atoms with Crippen LogP contribution in [0.2, 0.25) is 0 Å². The van der Waals surface area contributed by atoms with E-state index in [1.807, 2.05) is 34.6 Å². The van der Waals surface area contributed by atoms with Crippen molar-refractivity contribution in [2.45, 2.75) is 92.9 Å². The van der Waals surface area contributed by atoms with Gasteiger partial charge in [-0.2, -0.15) is 0 Å². The molecule has 1 unspecified atom stereocenters. The number of hydrogen-bond acceptors (Lipinski definition) is 9. The van der Waals surface area contributed by atoms with E-state index in [0.29, 0.717) is 24.5 Å². The first-order valence-corrected chi connectivity index (χ1v) is 17.4. The maximum atomic E-state index is 12.9. The van der Waals surface area contributed by atoms with Crippen molar-refractivity contribution in [2.75, 3.05) is 60.6 Å². The lowest BCUT2D eigenvalue weighted by molar-refractivity contribution is -0.160. The number of carbonyl (C=O) groups is 1. The van der Waals surface area contributed by atoms with Gasteiger partial charge in [-0.3, -0.25) is 4.98 Å². The summed E-state index contributed by atoms with van der Waals surface area (Å²) in [7, 11) is 0. The number of anilines is 3. The smallest absolute Gasteiger partial charge is 0.337 e. The Morgan fingerprint density at radius 1 is 0.875 bits per heavy atom. The first kappa shape index (κ1) is 34.1. The number of hydrogen-bond donors (Lipinski definition) is 1. The standard InChI is InChI=1S/C38H52N6O4/c1-24-32(34(43-15-12-38(7,8)13-16-43)33(25(2)39-24)35(36(45)46)48-37(4,5)6)28-9-10-29-23-44(14-11-27(29)21-28)31-22-30(40-26(3)41-31)42-17-19-47-20-18-42/h9-10,21-22,35H,11-20,23H2,1-8H3,(H,45,46). The molecule has 0 bridgehead atoms. The summed E-state index contributed by atoms with van der Waals surface area (Å²) in [6, 6.07) is 8.84. The fourth-order valence-electron chi connectivity index (χ4n) is 7.31. The molecule has 10 nitrogen and oxygen atoms in total. The van der Waals surface area contributed by atoms with Gasteiger partial charge in [-0.25, -0.2) is 14.8 Å². The number of carboxylic acid groups (broad SMARTS) is 1. The fourth-order valence-corrected chi connectivity index (χ4v) is 7.31. The Labute approximate surface area is 285 Å². The Morgan fingerprint density at radius 3 is 2.19 bits per heavy atom. The molecule has 0 saturated carbocycles. The van der Waals surface area contributed by atoms with Crippen LogP contribution in [0, 0.1) is 26.2 Å². The second-order valence-electron chi connectivity index (χ2n) is 15.4. The zero-order valence-corrected chi connectivity index (χ0v) is 30.0. The molecule has 48 heavy (non-hydrogen) atoms. The van der Waals surface area contributed by atoms with Gasteiger partial charge in [0, 0.05) is 67.8 Å². The topological polar surface area (TPSA) is 104 Å². The lowest BCUT2D eigenvalue weighted by Crippen LogP contribution is -2.39. The summed E-state index contributed by atoms with van der Waals surface area (Å²) >= 11 is 0. The third-order valence-corrected chi connectivity index (χ3v) is 9.95. The molecule has 3 aromatic rings. The molecule has 1 aromatic carbocycles. The second kappa shape index (κ2) is 13.3. The number of pyridine rings is 1. The Hall–Kier alpha value is -3.76. The lowest BCUT2D eigenvalue weighted by Gasteiger charge is -2.41. The summed E-state index contributed by atoms with van der Waals surface area (Å²) < 4.78 is 11.8. The number of fused-ring (bicyclic) bond motifs is 1. The normalized spacial score (nSPS) is 18.9. The molecule has 0 amide bonds. The summed E-state index contributed by atoms with van der Waals surface area (Å²) in [6.45, 7) is 22.7. The van der Waals surface area contributed by atoms with E-state index in [4.69, 9.17) is 24.4 Å².